The molecule has 0 radical (unpaired) electrons. The third kappa shape index (κ3) is 4.86. The number of alkyl halides is 3. The number of nitro groups is 1. The highest BCUT2D eigenvalue weighted by molar-refractivity contribution is 5.97. The van der Waals surface area contributed by atoms with Gasteiger partial charge in [0.2, 0.25) is 0 Å². The summed E-state index contributed by atoms with van der Waals surface area (Å²) in [6, 6.07) is -0.0354. The van der Waals surface area contributed by atoms with E-state index in [1.807, 2.05) is 0 Å². The van der Waals surface area contributed by atoms with Crippen LogP contribution in [0, 0.1) is 10.1 Å². The smallest absolute Gasteiger partial charge is 0.416 e. The molecule has 2 N–H and O–H groups in total. The molecule has 1 saturated heterocycles. The van der Waals surface area contributed by atoms with Crippen LogP contribution in [0.3, 0.4) is 0 Å². The van der Waals surface area contributed by atoms with Crippen LogP contribution in [0.1, 0.15) is 12.5 Å². The van der Waals surface area contributed by atoms with Gasteiger partial charge < -0.3 is 15.4 Å². The Morgan fingerprint density at radius 2 is 2.11 bits per heavy atom. The highest BCUT2D eigenvalue weighted by Gasteiger charge is 2.33. The van der Waals surface area contributed by atoms with Crippen molar-refractivity contribution >= 4 is 29.3 Å². The first-order valence-corrected chi connectivity index (χ1v) is 7.87. The number of imide groups is 1. The van der Waals surface area contributed by atoms with Crippen molar-refractivity contribution in [2.24, 2.45) is 0 Å². The van der Waals surface area contributed by atoms with Gasteiger partial charge in [0.25, 0.3) is 11.6 Å². The Kier molecular flexibility index (Phi) is 6.06. The van der Waals surface area contributed by atoms with E-state index in [1.165, 1.54) is 6.92 Å². The first-order chi connectivity index (χ1) is 13.0. The zero-order valence-corrected chi connectivity index (χ0v) is 14.4. The van der Waals surface area contributed by atoms with Crippen LogP contribution < -0.4 is 10.6 Å². The average molecular weight is 404 g/mol. The van der Waals surface area contributed by atoms with Crippen molar-refractivity contribution in [1.29, 1.82) is 0 Å². The van der Waals surface area contributed by atoms with Crippen LogP contribution in [-0.4, -0.2) is 53.5 Å². The number of urea groups is 1. The predicted molar refractivity (Wildman–Crippen MR) is 87.3 cm³/mol. The minimum atomic E-state index is -4.77. The minimum Gasteiger partial charge on any atom is -0.454 e. The van der Waals surface area contributed by atoms with Crippen molar-refractivity contribution < 1.29 is 37.2 Å². The molecule has 13 heteroatoms. The predicted octanol–water partition coefficient (Wildman–Crippen LogP) is 1.51. The lowest BCUT2D eigenvalue weighted by Gasteiger charge is -2.16. The molecule has 1 aromatic carbocycles. The largest absolute Gasteiger partial charge is 0.454 e. The molecule has 0 spiro atoms. The number of benzene rings is 1. The lowest BCUT2D eigenvalue weighted by Crippen LogP contribution is -2.38. The Balaban J connectivity index is 2.02. The van der Waals surface area contributed by atoms with E-state index < -0.39 is 52.9 Å². The number of ether oxygens (including phenoxy) is 1. The molecule has 0 unspecified atom stereocenters. The van der Waals surface area contributed by atoms with Crippen molar-refractivity contribution in [2.75, 3.05) is 25.0 Å². The lowest BCUT2D eigenvalue weighted by molar-refractivity contribution is -0.384. The number of nitrogens with zero attached hydrogens (tertiary/aromatic N) is 2. The number of nitro benzene ring substituents is 1. The molecule has 0 aliphatic carbocycles. The molecule has 1 aromatic rings. The number of anilines is 1. The maximum absolute atomic E-state index is 12.7. The molecule has 1 heterocycles. The molecular weight excluding hydrogens is 389 g/mol. The standard InChI is InChI=1S/C15H15F3N4O6/c1-8(13(24)28-7-12(23)21-5-4-19-14(21)25)20-10-3-2-9(15(16,17)18)6-11(10)22(26)27/h2-3,6,8,20H,4-5,7H2,1H3,(H,19,25)/t8-/m0/s1. The molecule has 0 aromatic heterocycles. The molecule has 28 heavy (non-hydrogen) atoms. The second kappa shape index (κ2) is 8.10. The fraction of sp³-hybridized carbons (Fsp3) is 0.400. The Morgan fingerprint density at radius 3 is 2.64 bits per heavy atom. The van der Waals surface area contributed by atoms with Crippen LogP contribution in [0.2, 0.25) is 0 Å². The summed E-state index contributed by atoms with van der Waals surface area (Å²) in [6.07, 6.45) is -4.77. The maximum Gasteiger partial charge on any atom is 0.416 e. The Labute approximate surface area is 155 Å². The Morgan fingerprint density at radius 1 is 1.43 bits per heavy atom. The molecule has 2 rings (SSSR count). The zero-order chi connectivity index (χ0) is 21.1. The van der Waals surface area contributed by atoms with Gasteiger partial charge in [-0.1, -0.05) is 0 Å². The van der Waals surface area contributed by atoms with Gasteiger partial charge in [0.05, 0.1) is 10.5 Å². The van der Waals surface area contributed by atoms with Crippen LogP contribution >= 0.6 is 0 Å². The Bertz CT molecular complexity index is 813. The molecule has 0 bridgehead atoms. The molecular formula is C15H15F3N4O6. The van der Waals surface area contributed by atoms with Crippen molar-refractivity contribution in [1.82, 2.24) is 10.2 Å². The summed E-state index contributed by atoms with van der Waals surface area (Å²) in [5.74, 6) is -1.74. The van der Waals surface area contributed by atoms with E-state index in [0.29, 0.717) is 12.1 Å². The third-order valence-corrected chi connectivity index (χ3v) is 3.74. The van der Waals surface area contributed by atoms with Gasteiger partial charge in [0, 0.05) is 19.2 Å². The summed E-state index contributed by atoms with van der Waals surface area (Å²) in [6.45, 7) is 0.916. The van der Waals surface area contributed by atoms with Gasteiger partial charge >= 0.3 is 18.2 Å². The van der Waals surface area contributed by atoms with Crippen LogP contribution in [0.5, 0.6) is 0 Å². The van der Waals surface area contributed by atoms with E-state index in [4.69, 9.17) is 4.74 Å². The quantitative estimate of drug-likeness (QED) is 0.417. The normalized spacial score (nSPS) is 15.0. The molecule has 10 nitrogen and oxygen atoms in total. The van der Waals surface area contributed by atoms with Gasteiger partial charge in [-0.15, -0.1) is 0 Å². The van der Waals surface area contributed by atoms with E-state index in [1.54, 1.807) is 0 Å². The number of hydrogen-bond acceptors (Lipinski definition) is 7. The zero-order valence-electron chi connectivity index (χ0n) is 14.4. The van der Waals surface area contributed by atoms with Gasteiger partial charge in [-0.05, 0) is 19.1 Å². The number of carbonyl (C=O) groups excluding carboxylic acids is 3. The first kappa shape index (κ1) is 20.9. The number of esters is 1. The summed E-state index contributed by atoms with van der Waals surface area (Å²) in [5, 5.41) is 15.8. The van der Waals surface area contributed by atoms with Crippen LogP contribution in [0.25, 0.3) is 0 Å². The maximum atomic E-state index is 12.7. The first-order valence-electron chi connectivity index (χ1n) is 7.87. The van der Waals surface area contributed by atoms with Gasteiger partial charge in [-0.2, -0.15) is 13.2 Å². The molecule has 0 saturated carbocycles. The van der Waals surface area contributed by atoms with E-state index in [9.17, 15) is 37.7 Å². The molecule has 1 atom stereocenters. The number of rotatable bonds is 6. The summed E-state index contributed by atoms with van der Waals surface area (Å²) < 4.78 is 42.9. The molecule has 3 amide bonds. The molecule has 152 valence electrons. The second-order valence-corrected chi connectivity index (χ2v) is 5.74. The monoisotopic (exact) mass is 404 g/mol. The van der Waals surface area contributed by atoms with Crippen LogP contribution in [0.4, 0.5) is 29.3 Å². The fourth-order valence-electron chi connectivity index (χ4n) is 2.32. The van der Waals surface area contributed by atoms with Gasteiger partial charge in [0.15, 0.2) is 6.61 Å². The van der Waals surface area contributed by atoms with Crippen molar-refractivity contribution in [3.8, 4) is 0 Å². The number of hydrogen-bond donors (Lipinski definition) is 2. The average Bonchev–Trinajstić information content (AvgIpc) is 3.04. The van der Waals surface area contributed by atoms with E-state index in [0.717, 1.165) is 11.0 Å². The number of amides is 3. The molecule has 1 aliphatic heterocycles. The number of carbonyl (C=O) groups is 3. The highest BCUT2D eigenvalue weighted by atomic mass is 19.4. The Hall–Kier alpha value is -3.38. The van der Waals surface area contributed by atoms with Crippen LogP contribution in [0.15, 0.2) is 18.2 Å². The second-order valence-electron chi connectivity index (χ2n) is 5.74. The van der Waals surface area contributed by atoms with E-state index >= 15 is 0 Å². The number of halogens is 3. The van der Waals surface area contributed by atoms with Gasteiger partial charge in [0.1, 0.15) is 11.7 Å². The van der Waals surface area contributed by atoms with Gasteiger partial charge in [-0.25, -0.2) is 9.59 Å². The summed E-state index contributed by atoms with van der Waals surface area (Å²) in [4.78, 5) is 45.9. The third-order valence-electron chi connectivity index (χ3n) is 3.74. The summed E-state index contributed by atoms with van der Waals surface area (Å²) in [5.41, 5.74) is -2.42. The lowest BCUT2D eigenvalue weighted by atomic mass is 10.1. The number of nitrogens with one attached hydrogen (secondary N) is 2. The van der Waals surface area contributed by atoms with Crippen molar-refractivity contribution in [3.63, 3.8) is 0 Å². The van der Waals surface area contributed by atoms with Crippen LogP contribution in [-0.2, 0) is 20.5 Å². The SMILES string of the molecule is C[C@H](Nc1ccc(C(F)(F)F)cc1[N+](=O)[O-])C(=O)OCC(=O)N1CCNC1=O. The van der Waals surface area contributed by atoms with E-state index in [-0.39, 0.29) is 18.8 Å². The highest BCUT2D eigenvalue weighted by Crippen LogP contribution is 2.35. The summed E-state index contributed by atoms with van der Waals surface area (Å²) >= 11 is 0. The topological polar surface area (TPSA) is 131 Å². The fourth-order valence-corrected chi connectivity index (χ4v) is 2.32. The van der Waals surface area contributed by atoms with Gasteiger partial charge in [-0.3, -0.25) is 19.8 Å². The summed E-state index contributed by atoms with van der Waals surface area (Å²) in [7, 11) is 0. The van der Waals surface area contributed by atoms with Crippen molar-refractivity contribution in [3.05, 3.63) is 33.9 Å². The molecule has 1 fully saturated rings. The molecule has 1 aliphatic rings. The minimum absolute atomic E-state index is 0.126. The van der Waals surface area contributed by atoms with Crippen molar-refractivity contribution in [2.45, 2.75) is 19.1 Å². The van der Waals surface area contributed by atoms with E-state index in [2.05, 4.69) is 10.6 Å².